The van der Waals surface area contributed by atoms with Crippen LogP contribution in [0.25, 0.3) is 27.9 Å². The largest absolute Gasteiger partial charge is 0.368 e. The summed E-state index contributed by atoms with van der Waals surface area (Å²) in [7, 11) is 0. The molecule has 0 radical (unpaired) electrons. The second kappa shape index (κ2) is 3.52. The predicted octanol–water partition coefficient (Wildman–Crippen LogP) is 1.27. The molecule has 3 aromatic heterocycles. The van der Waals surface area contributed by atoms with Gasteiger partial charge in [0.05, 0.1) is 22.6 Å². The van der Waals surface area contributed by atoms with Crippen molar-refractivity contribution in [2.45, 2.75) is 0 Å². The van der Waals surface area contributed by atoms with E-state index >= 15 is 0 Å². The van der Waals surface area contributed by atoms with Gasteiger partial charge >= 0.3 is 0 Å². The van der Waals surface area contributed by atoms with E-state index in [-0.39, 0.29) is 5.95 Å². The number of nitrogens with one attached hydrogen (secondary N) is 1. The highest BCUT2D eigenvalue weighted by atomic mass is 15.2. The number of nitrogen functional groups attached to an aromatic ring is 1. The lowest BCUT2D eigenvalue weighted by Crippen LogP contribution is -2.02. The zero-order chi connectivity index (χ0) is 12.8. The van der Waals surface area contributed by atoms with Crippen LogP contribution in [-0.4, -0.2) is 29.7 Å². The molecule has 0 atom stereocenters. The summed E-state index contributed by atoms with van der Waals surface area (Å²) in [5.74, 6) is 0.870. The topological polar surface area (TPSA) is 98.3 Å². The number of aromatic nitrogens is 6. The predicted molar refractivity (Wildman–Crippen MR) is 70.7 cm³/mol. The molecule has 3 heterocycles. The molecule has 0 aliphatic heterocycles. The molecule has 0 spiro atoms. The van der Waals surface area contributed by atoms with Gasteiger partial charge in [-0.2, -0.15) is 15.1 Å². The molecule has 0 bridgehead atoms. The number of imidazole rings is 1. The SMILES string of the molecule is Nc1nc(-n2cnc3ccccc32)c2cn[nH]c2n1. The van der Waals surface area contributed by atoms with Crippen LogP contribution >= 0.6 is 0 Å². The van der Waals surface area contributed by atoms with Crippen molar-refractivity contribution >= 4 is 28.0 Å². The number of rotatable bonds is 1. The Hall–Kier alpha value is -2.96. The second-order valence-corrected chi connectivity index (χ2v) is 4.14. The van der Waals surface area contributed by atoms with Crippen molar-refractivity contribution in [1.82, 2.24) is 29.7 Å². The molecule has 4 aromatic rings. The summed E-state index contributed by atoms with van der Waals surface area (Å²) in [6, 6.07) is 7.83. The zero-order valence-electron chi connectivity index (χ0n) is 9.78. The van der Waals surface area contributed by atoms with Gasteiger partial charge in [-0.15, -0.1) is 0 Å². The van der Waals surface area contributed by atoms with Gasteiger partial charge in [0.2, 0.25) is 5.95 Å². The van der Waals surface area contributed by atoms with E-state index in [0.717, 1.165) is 16.4 Å². The molecule has 1 aromatic carbocycles. The lowest BCUT2D eigenvalue weighted by molar-refractivity contribution is 1.02. The fourth-order valence-electron chi connectivity index (χ4n) is 2.15. The molecule has 0 unspecified atom stereocenters. The fourth-order valence-corrected chi connectivity index (χ4v) is 2.15. The van der Waals surface area contributed by atoms with Gasteiger partial charge in [-0.3, -0.25) is 9.67 Å². The summed E-state index contributed by atoms with van der Waals surface area (Å²) in [4.78, 5) is 12.7. The molecule has 3 N–H and O–H groups in total. The van der Waals surface area contributed by atoms with E-state index in [2.05, 4.69) is 25.1 Å². The van der Waals surface area contributed by atoms with Crippen LogP contribution in [0.5, 0.6) is 0 Å². The monoisotopic (exact) mass is 251 g/mol. The van der Waals surface area contributed by atoms with Crippen LogP contribution in [0.1, 0.15) is 0 Å². The first-order valence-electron chi connectivity index (χ1n) is 5.72. The maximum Gasteiger partial charge on any atom is 0.224 e. The first-order valence-corrected chi connectivity index (χ1v) is 5.72. The van der Waals surface area contributed by atoms with Crippen molar-refractivity contribution < 1.29 is 0 Å². The Balaban J connectivity index is 2.11. The molecule has 19 heavy (non-hydrogen) atoms. The molecular weight excluding hydrogens is 242 g/mol. The third kappa shape index (κ3) is 1.38. The van der Waals surface area contributed by atoms with E-state index in [1.165, 1.54) is 0 Å². The quantitative estimate of drug-likeness (QED) is 0.531. The maximum atomic E-state index is 5.73. The fraction of sp³-hybridized carbons (Fsp3) is 0. The van der Waals surface area contributed by atoms with Crippen molar-refractivity contribution in [2.24, 2.45) is 0 Å². The summed E-state index contributed by atoms with van der Waals surface area (Å²) < 4.78 is 1.88. The highest BCUT2D eigenvalue weighted by Gasteiger charge is 2.12. The number of nitrogens with zero attached hydrogens (tertiary/aromatic N) is 5. The molecule has 7 nitrogen and oxygen atoms in total. The number of hydrogen-bond acceptors (Lipinski definition) is 5. The van der Waals surface area contributed by atoms with Gasteiger partial charge in [0.25, 0.3) is 0 Å². The lowest BCUT2D eigenvalue weighted by Gasteiger charge is -2.05. The van der Waals surface area contributed by atoms with Crippen LogP contribution < -0.4 is 5.73 Å². The van der Waals surface area contributed by atoms with Crippen molar-refractivity contribution in [2.75, 3.05) is 5.73 Å². The lowest BCUT2D eigenvalue weighted by atomic mass is 10.3. The average Bonchev–Trinajstić information content (AvgIpc) is 3.03. The highest BCUT2D eigenvalue weighted by molar-refractivity contribution is 5.86. The van der Waals surface area contributed by atoms with Crippen LogP contribution in [0.4, 0.5) is 5.95 Å². The first-order chi connectivity index (χ1) is 9.33. The molecule has 0 saturated carbocycles. The molecule has 0 saturated heterocycles. The first kappa shape index (κ1) is 10.0. The van der Waals surface area contributed by atoms with E-state index in [9.17, 15) is 0 Å². The number of anilines is 1. The molecule has 4 rings (SSSR count). The number of hydrogen-bond donors (Lipinski definition) is 2. The molecule has 0 fully saturated rings. The summed E-state index contributed by atoms with van der Waals surface area (Å²) in [5.41, 5.74) is 8.20. The minimum atomic E-state index is 0.199. The normalized spacial score (nSPS) is 11.4. The summed E-state index contributed by atoms with van der Waals surface area (Å²) in [6.07, 6.45) is 3.40. The van der Waals surface area contributed by atoms with Gasteiger partial charge in [0, 0.05) is 0 Å². The minimum Gasteiger partial charge on any atom is -0.368 e. The van der Waals surface area contributed by atoms with E-state index in [1.54, 1.807) is 12.5 Å². The smallest absolute Gasteiger partial charge is 0.224 e. The molecule has 0 amide bonds. The molecule has 0 aliphatic carbocycles. The Kier molecular flexibility index (Phi) is 1.85. The molecule has 92 valence electrons. The summed E-state index contributed by atoms with van der Waals surface area (Å²) in [6.45, 7) is 0. The second-order valence-electron chi connectivity index (χ2n) is 4.14. The van der Waals surface area contributed by atoms with E-state index in [0.29, 0.717) is 11.5 Å². The molecule has 7 heteroatoms. The number of nitrogens with two attached hydrogens (primary N) is 1. The number of aromatic amines is 1. The van der Waals surface area contributed by atoms with Crippen molar-refractivity contribution in [1.29, 1.82) is 0 Å². The van der Waals surface area contributed by atoms with Crippen LogP contribution in [0.3, 0.4) is 0 Å². The van der Waals surface area contributed by atoms with Crippen LogP contribution in [0.15, 0.2) is 36.8 Å². The Morgan fingerprint density at radius 2 is 2.05 bits per heavy atom. The van der Waals surface area contributed by atoms with Crippen LogP contribution in [-0.2, 0) is 0 Å². The van der Waals surface area contributed by atoms with Crippen molar-refractivity contribution in [3.63, 3.8) is 0 Å². The maximum absolute atomic E-state index is 5.73. The standard InChI is InChI=1S/C12H9N7/c13-12-16-10-7(5-15-18-10)11(17-12)19-6-14-8-3-1-2-4-9(8)19/h1-6H,(H3,13,15,16,17,18). The van der Waals surface area contributed by atoms with Crippen molar-refractivity contribution in [3.05, 3.63) is 36.8 Å². The zero-order valence-corrected chi connectivity index (χ0v) is 9.78. The highest BCUT2D eigenvalue weighted by Crippen LogP contribution is 2.22. The molecule has 0 aliphatic rings. The van der Waals surface area contributed by atoms with Crippen LogP contribution in [0, 0.1) is 0 Å². The van der Waals surface area contributed by atoms with Crippen molar-refractivity contribution in [3.8, 4) is 5.82 Å². The van der Waals surface area contributed by atoms with E-state index in [4.69, 9.17) is 5.73 Å². The number of H-pyrrole nitrogens is 1. The van der Waals surface area contributed by atoms with E-state index < -0.39 is 0 Å². The number of benzene rings is 1. The Bertz CT molecular complexity index is 889. The average molecular weight is 251 g/mol. The van der Waals surface area contributed by atoms with E-state index in [1.807, 2.05) is 28.8 Å². The Morgan fingerprint density at radius 3 is 3.00 bits per heavy atom. The Morgan fingerprint density at radius 1 is 1.16 bits per heavy atom. The Labute approximate surface area is 107 Å². The van der Waals surface area contributed by atoms with Gasteiger partial charge in [-0.05, 0) is 12.1 Å². The molecular formula is C12H9N7. The summed E-state index contributed by atoms with van der Waals surface area (Å²) >= 11 is 0. The minimum absolute atomic E-state index is 0.199. The van der Waals surface area contributed by atoms with Gasteiger partial charge in [0.15, 0.2) is 11.5 Å². The summed E-state index contributed by atoms with van der Waals surface area (Å²) in [5, 5.41) is 7.58. The third-order valence-corrected chi connectivity index (χ3v) is 2.99. The van der Waals surface area contributed by atoms with Gasteiger partial charge in [-0.25, -0.2) is 4.98 Å². The number of fused-ring (bicyclic) bond motifs is 2. The van der Waals surface area contributed by atoms with Gasteiger partial charge in [-0.1, -0.05) is 12.1 Å². The van der Waals surface area contributed by atoms with Gasteiger partial charge < -0.3 is 5.73 Å². The third-order valence-electron chi connectivity index (χ3n) is 2.99. The van der Waals surface area contributed by atoms with Gasteiger partial charge in [0.1, 0.15) is 6.33 Å². The van der Waals surface area contributed by atoms with Crippen LogP contribution in [0.2, 0.25) is 0 Å². The number of para-hydroxylation sites is 2.